The number of ether oxygens (including phenoxy) is 2. The summed E-state index contributed by atoms with van der Waals surface area (Å²) in [5.41, 5.74) is 1.76. The Hall–Kier alpha value is -2.50. The molecule has 136 valence electrons. The van der Waals surface area contributed by atoms with Crippen LogP contribution in [0.15, 0.2) is 35.5 Å². The lowest BCUT2D eigenvalue weighted by Crippen LogP contribution is -2.46. The van der Waals surface area contributed by atoms with E-state index >= 15 is 0 Å². The van der Waals surface area contributed by atoms with Crippen molar-refractivity contribution in [1.29, 1.82) is 0 Å². The molecule has 0 fully saturated rings. The maximum absolute atomic E-state index is 12.5. The van der Waals surface area contributed by atoms with Crippen molar-refractivity contribution in [2.45, 2.75) is 39.7 Å². The molecule has 1 heterocycles. The number of nitrogens with one attached hydrogen (secondary N) is 1. The minimum Gasteiger partial charge on any atom is -0.493 e. The second kappa shape index (κ2) is 8.55. The van der Waals surface area contributed by atoms with Crippen molar-refractivity contribution >= 4 is 12.0 Å². The van der Waals surface area contributed by atoms with Gasteiger partial charge in [0, 0.05) is 18.3 Å². The number of urea groups is 1. The molecule has 1 N–H and O–H groups in total. The number of hydrogen-bond acceptors (Lipinski definition) is 4. The molecule has 0 bridgehead atoms. The lowest BCUT2D eigenvalue weighted by Gasteiger charge is -2.33. The van der Waals surface area contributed by atoms with E-state index in [9.17, 15) is 9.59 Å². The number of carbonyl (C=O) groups excluding carboxylic acids is 2. The normalized spacial score (nSPS) is 17.4. The largest absolute Gasteiger partial charge is 0.493 e. The molecular weight excluding hydrogens is 320 g/mol. The van der Waals surface area contributed by atoms with Gasteiger partial charge in [0.1, 0.15) is 5.75 Å². The molecular formula is C19H26N2O4. The summed E-state index contributed by atoms with van der Waals surface area (Å²) in [6.07, 6.45) is 1.97. The lowest BCUT2D eigenvalue weighted by atomic mass is 9.94. The second-order valence-corrected chi connectivity index (χ2v) is 5.90. The van der Waals surface area contributed by atoms with Crippen molar-refractivity contribution in [3.8, 4) is 5.75 Å². The Balaban J connectivity index is 2.44. The van der Waals surface area contributed by atoms with E-state index < -0.39 is 12.0 Å². The number of carbonyl (C=O) groups is 2. The van der Waals surface area contributed by atoms with Crippen LogP contribution in [0.25, 0.3) is 0 Å². The van der Waals surface area contributed by atoms with Crippen LogP contribution in [0.4, 0.5) is 4.79 Å². The van der Waals surface area contributed by atoms with Gasteiger partial charge in [-0.05, 0) is 26.3 Å². The number of rotatable bonds is 7. The highest BCUT2D eigenvalue weighted by atomic mass is 16.5. The average molecular weight is 346 g/mol. The molecule has 1 aliphatic rings. The highest BCUT2D eigenvalue weighted by Crippen LogP contribution is 2.35. The summed E-state index contributed by atoms with van der Waals surface area (Å²) >= 11 is 0. The topological polar surface area (TPSA) is 67.9 Å². The molecule has 1 aromatic carbocycles. The zero-order valence-electron chi connectivity index (χ0n) is 15.3. The van der Waals surface area contributed by atoms with Crippen molar-refractivity contribution in [3.63, 3.8) is 0 Å². The molecule has 0 spiro atoms. The average Bonchev–Trinajstić information content (AvgIpc) is 2.60. The molecule has 1 atom stereocenters. The summed E-state index contributed by atoms with van der Waals surface area (Å²) in [6, 6.07) is 6.60. The standard InChI is InChI=1S/C19H26N2O4/c1-5-7-12-25-15-11-9-8-10-14(15)17-16(18(22)24-6-2)13(3)21(4)19(23)20-17/h8-11,17H,5-7,12H2,1-4H3,(H,20,23)/t17-/m0/s1. The molecule has 2 rings (SSSR count). The number of amides is 2. The fourth-order valence-corrected chi connectivity index (χ4v) is 2.72. The number of esters is 1. The summed E-state index contributed by atoms with van der Waals surface area (Å²) in [4.78, 5) is 26.2. The number of unbranched alkanes of at least 4 members (excludes halogenated alkanes) is 1. The highest BCUT2D eigenvalue weighted by Gasteiger charge is 2.36. The third-order valence-corrected chi connectivity index (χ3v) is 4.23. The first-order valence-corrected chi connectivity index (χ1v) is 8.65. The van der Waals surface area contributed by atoms with Gasteiger partial charge < -0.3 is 19.7 Å². The Kier molecular flexibility index (Phi) is 6.44. The minimum atomic E-state index is -0.597. The van der Waals surface area contributed by atoms with Crippen LogP contribution in [-0.2, 0) is 9.53 Å². The summed E-state index contributed by atoms with van der Waals surface area (Å²) < 4.78 is 11.1. The Labute approximate surface area is 148 Å². The molecule has 0 radical (unpaired) electrons. The van der Waals surface area contributed by atoms with Gasteiger partial charge in [-0.15, -0.1) is 0 Å². The first kappa shape index (κ1) is 18.8. The zero-order valence-corrected chi connectivity index (χ0v) is 15.3. The quantitative estimate of drug-likeness (QED) is 0.607. The van der Waals surface area contributed by atoms with E-state index in [1.807, 2.05) is 24.3 Å². The van der Waals surface area contributed by atoms with Crippen molar-refractivity contribution in [2.24, 2.45) is 0 Å². The fourth-order valence-electron chi connectivity index (χ4n) is 2.72. The Morgan fingerprint density at radius 2 is 2.00 bits per heavy atom. The molecule has 0 saturated carbocycles. The van der Waals surface area contributed by atoms with Gasteiger partial charge in [-0.3, -0.25) is 0 Å². The van der Waals surface area contributed by atoms with Crippen LogP contribution in [-0.4, -0.2) is 37.2 Å². The molecule has 6 heteroatoms. The Morgan fingerprint density at radius 1 is 1.28 bits per heavy atom. The van der Waals surface area contributed by atoms with Crippen molar-refractivity contribution in [1.82, 2.24) is 10.2 Å². The van der Waals surface area contributed by atoms with Gasteiger partial charge >= 0.3 is 12.0 Å². The molecule has 25 heavy (non-hydrogen) atoms. The Bertz CT molecular complexity index is 669. The third-order valence-electron chi connectivity index (χ3n) is 4.23. The Morgan fingerprint density at radius 3 is 2.68 bits per heavy atom. The van der Waals surface area contributed by atoms with Crippen LogP contribution in [0.1, 0.15) is 45.2 Å². The van der Waals surface area contributed by atoms with Crippen LogP contribution >= 0.6 is 0 Å². The van der Waals surface area contributed by atoms with Gasteiger partial charge in [-0.25, -0.2) is 9.59 Å². The first-order chi connectivity index (χ1) is 12.0. The number of para-hydroxylation sites is 1. The number of allylic oxidation sites excluding steroid dienone is 1. The molecule has 0 aromatic heterocycles. The summed E-state index contributed by atoms with van der Waals surface area (Å²) in [7, 11) is 1.63. The molecule has 1 aromatic rings. The van der Waals surface area contributed by atoms with E-state index in [-0.39, 0.29) is 12.6 Å². The van der Waals surface area contributed by atoms with Gasteiger partial charge in [0.2, 0.25) is 0 Å². The maximum atomic E-state index is 12.5. The van der Waals surface area contributed by atoms with E-state index in [0.717, 1.165) is 18.4 Å². The summed E-state index contributed by atoms with van der Waals surface area (Å²) in [5, 5.41) is 2.88. The molecule has 2 amide bonds. The van der Waals surface area contributed by atoms with Gasteiger partial charge in [0.15, 0.2) is 0 Å². The van der Waals surface area contributed by atoms with Crippen LogP contribution in [0.3, 0.4) is 0 Å². The second-order valence-electron chi connectivity index (χ2n) is 5.90. The smallest absolute Gasteiger partial charge is 0.338 e. The van der Waals surface area contributed by atoms with Crippen LogP contribution in [0.5, 0.6) is 5.75 Å². The van der Waals surface area contributed by atoms with Crippen molar-refractivity contribution in [3.05, 3.63) is 41.1 Å². The fraction of sp³-hybridized carbons (Fsp3) is 0.474. The predicted octanol–water partition coefficient (Wildman–Crippen LogP) is 3.40. The number of benzene rings is 1. The lowest BCUT2D eigenvalue weighted by molar-refractivity contribution is -0.139. The van der Waals surface area contributed by atoms with E-state index in [1.54, 1.807) is 20.9 Å². The van der Waals surface area contributed by atoms with E-state index in [4.69, 9.17) is 9.47 Å². The predicted molar refractivity (Wildman–Crippen MR) is 95.2 cm³/mol. The molecule has 0 unspecified atom stereocenters. The highest BCUT2D eigenvalue weighted by molar-refractivity contribution is 5.95. The number of nitrogens with zero attached hydrogens (tertiary/aromatic N) is 1. The van der Waals surface area contributed by atoms with Crippen LogP contribution in [0, 0.1) is 0 Å². The molecule has 6 nitrogen and oxygen atoms in total. The number of hydrogen-bond donors (Lipinski definition) is 1. The van der Waals surface area contributed by atoms with Gasteiger partial charge in [-0.2, -0.15) is 0 Å². The van der Waals surface area contributed by atoms with Crippen molar-refractivity contribution < 1.29 is 19.1 Å². The zero-order chi connectivity index (χ0) is 18.4. The van der Waals surface area contributed by atoms with Crippen LogP contribution in [0.2, 0.25) is 0 Å². The van der Waals surface area contributed by atoms with E-state index in [1.165, 1.54) is 4.90 Å². The summed E-state index contributed by atoms with van der Waals surface area (Å²) in [5.74, 6) is 0.237. The van der Waals surface area contributed by atoms with E-state index in [2.05, 4.69) is 12.2 Å². The molecule has 1 aliphatic heterocycles. The molecule has 0 saturated heterocycles. The maximum Gasteiger partial charge on any atom is 0.338 e. The first-order valence-electron chi connectivity index (χ1n) is 8.65. The minimum absolute atomic E-state index is 0.265. The van der Waals surface area contributed by atoms with Crippen molar-refractivity contribution in [2.75, 3.05) is 20.3 Å². The van der Waals surface area contributed by atoms with E-state index in [0.29, 0.717) is 23.6 Å². The third kappa shape index (κ3) is 4.13. The van der Waals surface area contributed by atoms with Crippen LogP contribution < -0.4 is 10.1 Å². The van der Waals surface area contributed by atoms with Gasteiger partial charge in [0.25, 0.3) is 0 Å². The van der Waals surface area contributed by atoms with Gasteiger partial charge in [-0.1, -0.05) is 31.5 Å². The molecule has 0 aliphatic carbocycles. The SMILES string of the molecule is CCCCOc1ccccc1[C@@H]1NC(=O)N(C)C(C)=C1C(=O)OCC. The summed E-state index contributed by atoms with van der Waals surface area (Å²) in [6.45, 7) is 6.46. The monoisotopic (exact) mass is 346 g/mol. The van der Waals surface area contributed by atoms with Gasteiger partial charge in [0.05, 0.1) is 24.8 Å².